The molecule has 1 heterocycles. The third-order valence-electron chi connectivity index (χ3n) is 2.27. The van der Waals surface area contributed by atoms with E-state index in [0.29, 0.717) is 0 Å². The fourth-order valence-corrected chi connectivity index (χ4v) is 2.29. The van der Waals surface area contributed by atoms with E-state index < -0.39 is 23.9 Å². The molecule has 23 heavy (non-hydrogen) atoms. The lowest BCUT2D eigenvalue weighted by Crippen LogP contribution is -2.29. The Hall–Kier alpha value is -1.65. The van der Waals surface area contributed by atoms with Gasteiger partial charge in [-0.2, -0.15) is 13.2 Å². The quantitative estimate of drug-likeness (QED) is 0.347. The molecule has 0 saturated heterocycles. The summed E-state index contributed by atoms with van der Waals surface area (Å²) in [7, 11) is -7.65. The predicted molar refractivity (Wildman–Crippen MR) is 80.3 cm³/mol. The van der Waals surface area contributed by atoms with Crippen molar-refractivity contribution in [3.8, 4) is 5.75 Å². The Morgan fingerprint density at radius 2 is 1.65 bits per heavy atom. The van der Waals surface area contributed by atoms with E-state index in [-0.39, 0.29) is 0 Å². The molecule has 0 bridgehead atoms. The molecule has 0 radical (unpaired) electrons. The van der Waals surface area contributed by atoms with Crippen LogP contribution in [0.3, 0.4) is 0 Å². The molecule has 0 unspecified atom stereocenters. The van der Waals surface area contributed by atoms with E-state index in [2.05, 4.69) is 19.6 Å². The van der Waals surface area contributed by atoms with Crippen LogP contribution in [0.1, 0.15) is 0 Å². The van der Waals surface area contributed by atoms with Gasteiger partial charge in [0.2, 0.25) is 8.32 Å². The SMILES string of the molecule is C[Si](C)(C)Oc1cc[o+]c2ccccc12.O=S(=O)([O-])C(F)(F)F. The largest absolute Gasteiger partial charge is 0.741 e. The Kier molecular flexibility index (Phi) is 5.77. The molecule has 0 aliphatic carbocycles. The molecule has 10 heteroatoms. The number of hydrogen-bond donors (Lipinski definition) is 0. The first-order valence-corrected chi connectivity index (χ1v) is 11.1. The van der Waals surface area contributed by atoms with E-state index in [9.17, 15) is 13.2 Å². The van der Waals surface area contributed by atoms with Crippen molar-refractivity contribution in [1.82, 2.24) is 0 Å². The standard InChI is InChI=1S/C12H15O2Si.CHF3O3S/c1-15(2,3)14-12-8-9-13-11-7-5-4-6-10(11)12;2-1(3,4)8(5,6)7/h4-9H,1-3H3;(H,5,6,7)/q+1;/p-1. The van der Waals surface area contributed by atoms with Crippen LogP contribution in [0.4, 0.5) is 13.2 Å². The molecule has 0 N–H and O–H groups in total. The van der Waals surface area contributed by atoms with Crippen LogP contribution in [0.25, 0.3) is 11.0 Å². The van der Waals surface area contributed by atoms with Gasteiger partial charge in [-0.1, -0.05) is 12.1 Å². The summed E-state index contributed by atoms with van der Waals surface area (Å²) >= 11 is 0. The van der Waals surface area contributed by atoms with E-state index in [1.54, 1.807) is 6.26 Å². The topological polar surface area (TPSA) is 77.7 Å². The zero-order valence-corrected chi connectivity index (χ0v) is 14.4. The van der Waals surface area contributed by atoms with Crippen molar-refractivity contribution in [2.24, 2.45) is 0 Å². The molecule has 0 fully saturated rings. The molecule has 0 aliphatic heterocycles. The molecular formula is C13H15F3O5SSi. The lowest BCUT2D eigenvalue weighted by atomic mass is 10.2. The second-order valence-electron chi connectivity index (χ2n) is 5.40. The molecule has 0 atom stereocenters. The second-order valence-corrected chi connectivity index (χ2v) is 11.2. The van der Waals surface area contributed by atoms with E-state index in [1.807, 2.05) is 30.3 Å². The number of hydrogen-bond acceptors (Lipinski definition) is 4. The van der Waals surface area contributed by atoms with Crippen molar-refractivity contribution in [1.29, 1.82) is 0 Å². The maximum atomic E-state index is 10.7. The lowest BCUT2D eigenvalue weighted by Gasteiger charge is -2.18. The average Bonchev–Trinajstić information content (AvgIpc) is 2.36. The van der Waals surface area contributed by atoms with Gasteiger partial charge in [0, 0.05) is 6.07 Å². The van der Waals surface area contributed by atoms with Crippen LogP contribution >= 0.6 is 0 Å². The summed E-state index contributed by atoms with van der Waals surface area (Å²) < 4.78 is 70.3. The minimum Gasteiger partial charge on any atom is -0.741 e. The molecule has 2 rings (SSSR count). The van der Waals surface area contributed by atoms with Gasteiger partial charge in [0.15, 0.2) is 10.1 Å². The zero-order chi connectivity index (χ0) is 17.9. The Bertz CT molecular complexity index is 764. The highest BCUT2D eigenvalue weighted by atomic mass is 32.2. The summed E-state index contributed by atoms with van der Waals surface area (Å²) in [4.78, 5) is 0. The number of fused-ring (bicyclic) bond motifs is 1. The maximum Gasteiger partial charge on any atom is 0.485 e. The van der Waals surface area contributed by atoms with Gasteiger partial charge in [-0.05, 0) is 25.7 Å². The summed E-state index contributed by atoms with van der Waals surface area (Å²) in [6, 6.07) is 9.82. The van der Waals surface area contributed by atoms with Crippen molar-refractivity contribution in [2.75, 3.05) is 0 Å². The van der Waals surface area contributed by atoms with Gasteiger partial charge in [-0.3, -0.25) is 0 Å². The molecule has 1 aromatic carbocycles. The van der Waals surface area contributed by atoms with Gasteiger partial charge in [-0.15, -0.1) is 0 Å². The molecule has 0 amide bonds. The van der Waals surface area contributed by atoms with Crippen LogP contribution in [-0.4, -0.2) is 26.8 Å². The van der Waals surface area contributed by atoms with Crippen molar-refractivity contribution in [3.05, 3.63) is 36.6 Å². The van der Waals surface area contributed by atoms with Gasteiger partial charge in [0.25, 0.3) is 0 Å². The first-order valence-electron chi connectivity index (χ1n) is 6.32. The maximum absolute atomic E-state index is 10.7. The average molecular weight is 368 g/mol. The van der Waals surface area contributed by atoms with Gasteiger partial charge >= 0.3 is 17.4 Å². The van der Waals surface area contributed by atoms with Gasteiger partial charge in [0.05, 0.1) is 6.07 Å². The zero-order valence-electron chi connectivity index (χ0n) is 12.5. The second kappa shape index (κ2) is 6.85. The Morgan fingerprint density at radius 3 is 2.13 bits per heavy atom. The lowest BCUT2D eigenvalue weighted by molar-refractivity contribution is -0.0517. The van der Waals surface area contributed by atoms with Crippen molar-refractivity contribution in [3.63, 3.8) is 0 Å². The van der Waals surface area contributed by atoms with E-state index in [0.717, 1.165) is 16.7 Å². The van der Waals surface area contributed by atoms with Crippen molar-refractivity contribution < 1.29 is 35.0 Å². The predicted octanol–water partition coefficient (Wildman–Crippen LogP) is 3.98. The Balaban J connectivity index is 0.000000284. The van der Waals surface area contributed by atoms with E-state index in [1.165, 1.54) is 0 Å². The fraction of sp³-hybridized carbons (Fsp3) is 0.308. The molecule has 0 spiro atoms. The van der Waals surface area contributed by atoms with E-state index >= 15 is 0 Å². The molecule has 5 nitrogen and oxygen atoms in total. The van der Waals surface area contributed by atoms with E-state index in [4.69, 9.17) is 21.8 Å². The number of halogens is 3. The summed E-state index contributed by atoms with van der Waals surface area (Å²) in [6.07, 6.45) is 1.68. The monoisotopic (exact) mass is 368 g/mol. The number of rotatable bonds is 2. The molecule has 2 aromatic rings. The normalized spacial score (nSPS) is 12.5. The van der Waals surface area contributed by atoms with Crippen LogP contribution in [0.15, 0.2) is 41.0 Å². The smallest absolute Gasteiger partial charge is 0.485 e. The first kappa shape index (κ1) is 19.4. The summed E-state index contributed by atoms with van der Waals surface area (Å²) in [5.74, 6) is 0.927. The molecule has 1 aromatic heterocycles. The summed E-state index contributed by atoms with van der Waals surface area (Å²) in [5, 5.41) is 1.04. The van der Waals surface area contributed by atoms with Crippen LogP contribution in [0.5, 0.6) is 5.75 Å². The molecular weight excluding hydrogens is 353 g/mol. The van der Waals surface area contributed by atoms with Gasteiger partial charge in [0.1, 0.15) is 11.1 Å². The molecule has 0 aliphatic rings. The molecule has 0 saturated carbocycles. The number of para-hydroxylation sites is 1. The van der Waals surface area contributed by atoms with Crippen LogP contribution < -0.4 is 4.43 Å². The van der Waals surface area contributed by atoms with Crippen LogP contribution in [0.2, 0.25) is 19.6 Å². The van der Waals surface area contributed by atoms with Crippen LogP contribution in [0, 0.1) is 0 Å². The third-order valence-corrected chi connectivity index (χ3v) is 3.67. The Labute approximate surface area is 132 Å². The highest BCUT2D eigenvalue weighted by Gasteiger charge is 2.36. The van der Waals surface area contributed by atoms with Gasteiger partial charge < -0.3 is 8.98 Å². The fourth-order valence-electron chi connectivity index (χ4n) is 1.45. The first-order chi connectivity index (χ1) is 10.3. The summed E-state index contributed by atoms with van der Waals surface area (Å²) in [6.45, 7) is 6.52. The third kappa shape index (κ3) is 6.16. The highest BCUT2D eigenvalue weighted by Crippen LogP contribution is 2.27. The molecule has 128 valence electrons. The highest BCUT2D eigenvalue weighted by molar-refractivity contribution is 7.86. The van der Waals surface area contributed by atoms with Crippen LogP contribution in [-0.2, 0) is 10.1 Å². The summed E-state index contributed by atoms with van der Waals surface area (Å²) in [5.41, 5.74) is -4.78. The minimum atomic E-state index is -6.09. The number of alkyl halides is 3. The Morgan fingerprint density at radius 1 is 1.13 bits per heavy atom. The minimum absolute atomic E-state index is 0.869. The number of benzene rings is 1. The van der Waals surface area contributed by atoms with Gasteiger partial charge in [-0.25, -0.2) is 12.8 Å². The van der Waals surface area contributed by atoms with Crippen molar-refractivity contribution in [2.45, 2.75) is 25.1 Å². The van der Waals surface area contributed by atoms with Crippen molar-refractivity contribution >= 4 is 29.4 Å².